The Kier molecular flexibility index (Phi) is 2.39. The molecule has 0 saturated heterocycles. The zero-order chi connectivity index (χ0) is 9.30. The van der Waals surface area contributed by atoms with Crippen LogP contribution in [0.15, 0.2) is 0 Å². The molecule has 1 atom stereocenters. The predicted octanol–water partition coefficient (Wildman–Crippen LogP) is 1.84. The summed E-state index contributed by atoms with van der Waals surface area (Å²) >= 11 is 5.80. The van der Waals surface area contributed by atoms with Gasteiger partial charge in [0.2, 0.25) is 0 Å². The summed E-state index contributed by atoms with van der Waals surface area (Å²) in [5, 5.41) is 12.2. The number of rotatable bonds is 1. The number of alkyl halides is 1. The summed E-state index contributed by atoms with van der Waals surface area (Å²) in [5.41, 5.74) is 2.62. The van der Waals surface area contributed by atoms with Crippen molar-refractivity contribution < 1.29 is 0 Å². The van der Waals surface area contributed by atoms with Crippen LogP contribution in [0.4, 0.5) is 0 Å². The van der Waals surface area contributed by atoms with Crippen LogP contribution in [0.5, 0.6) is 0 Å². The molecule has 0 radical (unpaired) electrons. The van der Waals surface area contributed by atoms with Crippen LogP contribution in [0.1, 0.15) is 22.3 Å². The van der Waals surface area contributed by atoms with Gasteiger partial charge in [-0.3, -0.25) is 4.68 Å². The highest BCUT2D eigenvalue weighted by atomic mass is 35.5. The molecule has 0 fully saturated rings. The monoisotopic (exact) mass is 183 g/mol. The van der Waals surface area contributed by atoms with E-state index >= 15 is 0 Å². The molecule has 3 nitrogen and oxygen atoms in total. The number of aryl methyl sites for hydroxylation is 2. The van der Waals surface area contributed by atoms with Gasteiger partial charge in [0.05, 0.1) is 11.8 Å². The van der Waals surface area contributed by atoms with Gasteiger partial charge in [-0.25, -0.2) is 0 Å². The Morgan fingerprint density at radius 2 is 2.17 bits per heavy atom. The zero-order valence-corrected chi connectivity index (χ0v) is 8.05. The van der Waals surface area contributed by atoms with E-state index < -0.39 is 5.38 Å². The molecule has 64 valence electrons. The third kappa shape index (κ3) is 1.30. The lowest BCUT2D eigenvalue weighted by Crippen LogP contribution is -1.94. The van der Waals surface area contributed by atoms with Gasteiger partial charge in [-0.2, -0.15) is 10.4 Å². The van der Waals surface area contributed by atoms with Crippen LogP contribution in [-0.4, -0.2) is 9.78 Å². The quantitative estimate of drug-likeness (QED) is 0.624. The van der Waals surface area contributed by atoms with Crippen molar-refractivity contribution in [1.29, 1.82) is 5.26 Å². The van der Waals surface area contributed by atoms with Crippen LogP contribution in [0.3, 0.4) is 0 Å². The molecular formula is C8H10ClN3. The van der Waals surface area contributed by atoms with E-state index in [9.17, 15) is 0 Å². The molecule has 12 heavy (non-hydrogen) atoms. The van der Waals surface area contributed by atoms with Gasteiger partial charge in [0.15, 0.2) is 0 Å². The highest BCUT2D eigenvalue weighted by molar-refractivity contribution is 6.22. The minimum absolute atomic E-state index is 0.585. The summed E-state index contributed by atoms with van der Waals surface area (Å²) in [7, 11) is 1.84. The number of nitrogens with zero attached hydrogens (tertiary/aromatic N) is 3. The molecule has 0 spiro atoms. The highest BCUT2D eigenvalue weighted by Crippen LogP contribution is 2.25. The normalized spacial score (nSPS) is 12.6. The first-order chi connectivity index (χ1) is 5.57. The van der Waals surface area contributed by atoms with Gasteiger partial charge in [0, 0.05) is 18.3 Å². The summed E-state index contributed by atoms with van der Waals surface area (Å²) in [6, 6.07) is 1.99. The molecular weight excluding hydrogens is 174 g/mol. The van der Waals surface area contributed by atoms with Crippen molar-refractivity contribution in [3.05, 3.63) is 17.0 Å². The Bertz CT molecular complexity index is 335. The highest BCUT2D eigenvalue weighted by Gasteiger charge is 2.16. The molecule has 0 aliphatic rings. The molecule has 0 saturated carbocycles. The van der Waals surface area contributed by atoms with E-state index in [1.165, 1.54) is 0 Å². The molecule has 1 rings (SSSR count). The van der Waals surface area contributed by atoms with E-state index in [1.807, 2.05) is 27.0 Å². The van der Waals surface area contributed by atoms with Gasteiger partial charge in [0.25, 0.3) is 0 Å². The molecule has 1 aromatic rings. The lowest BCUT2D eigenvalue weighted by Gasteiger charge is -1.99. The van der Waals surface area contributed by atoms with Crippen molar-refractivity contribution in [2.75, 3.05) is 0 Å². The van der Waals surface area contributed by atoms with Gasteiger partial charge in [0.1, 0.15) is 5.38 Å². The van der Waals surface area contributed by atoms with E-state index in [4.69, 9.17) is 16.9 Å². The van der Waals surface area contributed by atoms with Gasteiger partial charge in [-0.15, -0.1) is 11.6 Å². The number of hydrogen-bond donors (Lipinski definition) is 0. The standard InChI is InChI=1S/C8H10ClN3/c1-5-8(7(9)4-10)6(2)12(3)11-5/h7H,1-3H3. The second kappa shape index (κ2) is 3.16. The van der Waals surface area contributed by atoms with Gasteiger partial charge >= 0.3 is 0 Å². The van der Waals surface area contributed by atoms with Crippen LogP contribution in [0.2, 0.25) is 0 Å². The molecule has 0 aliphatic carbocycles. The molecule has 0 aliphatic heterocycles. The third-order valence-corrected chi connectivity index (χ3v) is 2.25. The smallest absolute Gasteiger partial charge is 0.149 e. The average molecular weight is 184 g/mol. The summed E-state index contributed by atoms with van der Waals surface area (Å²) in [6.07, 6.45) is 0. The summed E-state index contributed by atoms with van der Waals surface area (Å²) in [6.45, 7) is 3.76. The zero-order valence-electron chi connectivity index (χ0n) is 7.30. The number of nitriles is 1. The van der Waals surface area contributed by atoms with E-state index in [0.717, 1.165) is 17.0 Å². The molecule has 1 heterocycles. The van der Waals surface area contributed by atoms with Crippen molar-refractivity contribution >= 4 is 11.6 Å². The van der Waals surface area contributed by atoms with E-state index in [-0.39, 0.29) is 0 Å². The van der Waals surface area contributed by atoms with Gasteiger partial charge in [-0.1, -0.05) is 0 Å². The fourth-order valence-electron chi connectivity index (χ4n) is 1.22. The van der Waals surface area contributed by atoms with Crippen molar-refractivity contribution in [2.45, 2.75) is 19.2 Å². The lowest BCUT2D eigenvalue weighted by molar-refractivity contribution is 0.730. The maximum atomic E-state index is 8.63. The third-order valence-electron chi connectivity index (χ3n) is 1.93. The fraction of sp³-hybridized carbons (Fsp3) is 0.500. The molecule has 1 aromatic heterocycles. The van der Waals surface area contributed by atoms with Gasteiger partial charge < -0.3 is 0 Å². The maximum absolute atomic E-state index is 8.63. The second-order valence-electron chi connectivity index (χ2n) is 2.70. The second-order valence-corrected chi connectivity index (χ2v) is 3.14. The van der Waals surface area contributed by atoms with Crippen LogP contribution in [0.25, 0.3) is 0 Å². The van der Waals surface area contributed by atoms with Crippen molar-refractivity contribution in [1.82, 2.24) is 9.78 Å². The molecule has 0 bridgehead atoms. The Hall–Kier alpha value is -1.01. The van der Waals surface area contributed by atoms with Crippen molar-refractivity contribution in [3.8, 4) is 6.07 Å². The summed E-state index contributed by atoms with van der Waals surface area (Å²) in [5.74, 6) is 0. The summed E-state index contributed by atoms with van der Waals surface area (Å²) in [4.78, 5) is 0. The van der Waals surface area contributed by atoms with Crippen molar-refractivity contribution in [3.63, 3.8) is 0 Å². The SMILES string of the molecule is Cc1nn(C)c(C)c1C(Cl)C#N. The Morgan fingerprint density at radius 3 is 2.50 bits per heavy atom. The number of aromatic nitrogens is 2. The number of hydrogen-bond acceptors (Lipinski definition) is 2. The van der Waals surface area contributed by atoms with Gasteiger partial charge in [-0.05, 0) is 13.8 Å². The number of halogens is 1. The molecule has 4 heteroatoms. The molecule has 0 amide bonds. The minimum atomic E-state index is -0.585. The molecule has 1 unspecified atom stereocenters. The maximum Gasteiger partial charge on any atom is 0.149 e. The summed E-state index contributed by atoms with van der Waals surface area (Å²) < 4.78 is 1.73. The lowest BCUT2D eigenvalue weighted by atomic mass is 10.1. The van der Waals surface area contributed by atoms with E-state index in [0.29, 0.717) is 0 Å². The van der Waals surface area contributed by atoms with E-state index in [1.54, 1.807) is 4.68 Å². The molecule has 0 N–H and O–H groups in total. The largest absolute Gasteiger partial charge is 0.272 e. The predicted molar refractivity (Wildman–Crippen MR) is 46.9 cm³/mol. The Morgan fingerprint density at radius 1 is 1.58 bits per heavy atom. The topological polar surface area (TPSA) is 41.6 Å². The van der Waals surface area contributed by atoms with Crippen LogP contribution in [0, 0.1) is 25.2 Å². The first-order valence-electron chi connectivity index (χ1n) is 3.61. The first kappa shape index (κ1) is 9.08. The molecule has 0 aromatic carbocycles. The van der Waals surface area contributed by atoms with Crippen molar-refractivity contribution in [2.24, 2.45) is 7.05 Å². The minimum Gasteiger partial charge on any atom is -0.272 e. The Balaban J connectivity index is 3.24. The van der Waals surface area contributed by atoms with Crippen LogP contribution < -0.4 is 0 Å². The van der Waals surface area contributed by atoms with Crippen LogP contribution in [-0.2, 0) is 7.05 Å². The Labute approximate surface area is 76.6 Å². The average Bonchev–Trinajstić information content (AvgIpc) is 2.26. The fourth-order valence-corrected chi connectivity index (χ4v) is 1.54. The van der Waals surface area contributed by atoms with Crippen LogP contribution >= 0.6 is 11.6 Å². The van der Waals surface area contributed by atoms with E-state index in [2.05, 4.69) is 5.10 Å². The first-order valence-corrected chi connectivity index (χ1v) is 4.05.